The summed E-state index contributed by atoms with van der Waals surface area (Å²) in [6.07, 6.45) is 2.99. The van der Waals surface area contributed by atoms with Crippen LogP contribution >= 0.6 is 0 Å². The zero-order chi connectivity index (χ0) is 12.5. The molecule has 1 aliphatic rings. The minimum atomic E-state index is -0.522. The van der Waals surface area contributed by atoms with Gasteiger partial charge in [-0.25, -0.2) is 4.98 Å². The number of ether oxygens (including phenoxy) is 2. The van der Waals surface area contributed by atoms with E-state index in [1.54, 1.807) is 12.5 Å². The molecule has 0 saturated heterocycles. The summed E-state index contributed by atoms with van der Waals surface area (Å²) in [5.41, 5.74) is 1.82. The highest BCUT2D eigenvalue weighted by Crippen LogP contribution is 2.35. The highest BCUT2D eigenvalue weighted by molar-refractivity contribution is 5.44. The van der Waals surface area contributed by atoms with Crippen LogP contribution in [0.1, 0.15) is 17.4 Å². The van der Waals surface area contributed by atoms with Crippen molar-refractivity contribution in [3.05, 3.63) is 42.0 Å². The number of rotatable bonds is 3. The summed E-state index contributed by atoms with van der Waals surface area (Å²) < 4.78 is 12.9. The Bertz CT molecular complexity index is 565. The van der Waals surface area contributed by atoms with Crippen LogP contribution in [0.2, 0.25) is 0 Å². The van der Waals surface area contributed by atoms with Crippen molar-refractivity contribution < 1.29 is 14.6 Å². The average molecular weight is 246 g/mol. The highest BCUT2D eigenvalue weighted by atomic mass is 16.5. The van der Waals surface area contributed by atoms with Gasteiger partial charge in [0.2, 0.25) is 0 Å². The van der Waals surface area contributed by atoms with Gasteiger partial charge in [0.05, 0.1) is 18.2 Å². The van der Waals surface area contributed by atoms with E-state index in [1.807, 2.05) is 29.8 Å². The minimum Gasteiger partial charge on any atom is -0.490 e. The van der Waals surface area contributed by atoms with Gasteiger partial charge in [-0.1, -0.05) is 0 Å². The smallest absolute Gasteiger partial charge is 0.130 e. The Morgan fingerprint density at radius 2 is 2.44 bits per heavy atom. The first-order valence-corrected chi connectivity index (χ1v) is 5.77. The lowest BCUT2D eigenvalue weighted by atomic mass is 10.1. The van der Waals surface area contributed by atoms with E-state index >= 15 is 0 Å². The second-order valence-electron chi connectivity index (χ2n) is 4.31. The molecule has 2 aromatic rings. The van der Waals surface area contributed by atoms with Gasteiger partial charge in [0.1, 0.15) is 30.8 Å². The number of aromatic nitrogens is 2. The molecular weight excluding hydrogens is 232 g/mol. The van der Waals surface area contributed by atoms with Crippen LogP contribution in [-0.4, -0.2) is 21.3 Å². The summed E-state index contributed by atoms with van der Waals surface area (Å²) in [4.78, 5) is 4.03. The molecule has 2 heterocycles. The molecule has 3 rings (SSSR count). The lowest BCUT2D eigenvalue weighted by molar-refractivity contribution is 0.140. The number of aryl methyl sites for hydroxylation is 1. The van der Waals surface area contributed by atoms with Gasteiger partial charge < -0.3 is 19.1 Å². The third-order valence-electron chi connectivity index (χ3n) is 3.04. The molecule has 0 fully saturated rings. The van der Waals surface area contributed by atoms with Gasteiger partial charge in [-0.15, -0.1) is 0 Å². The van der Waals surface area contributed by atoms with Crippen LogP contribution in [0.5, 0.6) is 11.5 Å². The molecule has 0 amide bonds. The summed E-state index contributed by atoms with van der Waals surface area (Å²) in [6, 6.07) is 5.49. The zero-order valence-electron chi connectivity index (χ0n) is 10.0. The van der Waals surface area contributed by atoms with Crippen molar-refractivity contribution in [3.63, 3.8) is 0 Å². The van der Waals surface area contributed by atoms with Crippen molar-refractivity contribution in [3.8, 4) is 11.5 Å². The molecular formula is C13H14N2O3. The van der Waals surface area contributed by atoms with Gasteiger partial charge in [-0.05, 0) is 12.1 Å². The van der Waals surface area contributed by atoms with E-state index in [4.69, 9.17) is 9.47 Å². The Hall–Kier alpha value is -2.01. The predicted molar refractivity (Wildman–Crippen MR) is 64.4 cm³/mol. The number of aliphatic hydroxyl groups is 1. The van der Waals surface area contributed by atoms with Crippen LogP contribution in [0, 0.1) is 0 Å². The van der Waals surface area contributed by atoms with E-state index in [0.29, 0.717) is 19.0 Å². The van der Waals surface area contributed by atoms with Crippen molar-refractivity contribution in [2.75, 3.05) is 6.61 Å². The predicted octanol–water partition coefficient (Wildman–Crippen LogP) is 1.42. The Balaban J connectivity index is 1.73. The van der Waals surface area contributed by atoms with E-state index in [2.05, 4.69) is 4.98 Å². The zero-order valence-corrected chi connectivity index (χ0v) is 10.0. The number of hydrogen-bond acceptors (Lipinski definition) is 4. The molecule has 0 spiro atoms. The van der Waals surface area contributed by atoms with Gasteiger partial charge in [0.15, 0.2) is 0 Å². The van der Waals surface area contributed by atoms with Crippen LogP contribution in [0.4, 0.5) is 0 Å². The largest absolute Gasteiger partial charge is 0.490 e. The van der Waals surface area contributed by atoms with E-state index in [1.165, 1.54) is 0 Å². The normalized spacial score (nSPS) is 17.3. The molecule has 18 heavy (non-hydrogen) atoms. The standard InChI is InChI=1S/C13H14N2O3/c1-15-8-14-5-9(15)6-17-10-2-3-11-12(16)7-18-13(11)4-10/h2-5,8,12,16H,6-7H2,1H3. The molecule has 94 valence electrons. The molecule has 1 N–H and O–H groups in total. The van der Waals surface area contributed by atoms with Crippen LogP contribution < -0.4 is 9.47 Å². The SMILES string of the molecule is Cn1cncc1COc1ccc2c(c1)OCC2O. The van der Waals surface area contributed by atoms with Crippen LogP contribution in [0.25, 0.3) is 0 Å². The second-order valence-corrected chi connectivity index (χ2v) is 4.31. The number of aliphatic hydroxyl groups excluding tert-OH is 1. The quantitative estimate of drug-likeness (QED) is 0.890. The van der Waals surface area contributed by atoms with Crippen molar-refractivity contribution >= 4 is 0 Å². The monoisotopic (exact) mass is 246 g/mol. The molecule has 1 aliphatic heterocycles. The van der Waals surface area contributed by atoms with Gasteiger partial charge in [0.25, 0.3) is 0 Å². The van der Waals surface area contributed by atoms with E-state index in [-0.39, 0.29) is 0 Å². The lowest BCUT2D eigenvalue weighted by Gasteiger charge is -2.08. The highest BCUT2D eigenvalue weighted by Gasteiger charge is 2.22. The van der Waals surface area contributed by atoms with Crippen molar-refractivity contribution in [2.45, 2.75) is 12.7 Å². The number of hydrogen-bond donors (Lipinski definition) is 1. The molecule has 1 atom stereocenters. The van der Waals surface area contributed by atoms with Gasteiger partial charge >= 0.3 is 0 Å². The Morgan fingerprint density at radius 1 is 1.56 bits per heavy atom. The first-order valence-electron chi connectivity index (χ1n) is 5.77. The Morgan fingerprint density at radius 3 is 3.22 bits per heavy atom. The Labute approximate surface area is 105 Å². The molecule has 0 saturated carbocycles. The van der Waals surface area contributed by atoms with Gasteiger partial charge in [-0.2, -0.15) is 0 Å². The van der Waals surface area contributed by atoms with Crippen LogP contribution in [0.3, 0.4) is 0 Å². The second kappa shape index (κ2) is 4.34. The fraction of sp³-hybridized carbons (Fsp3) is 0.308. The number of benzene rings is 1. The molecule has 1 aromatic heterocycles. The average Bonchev–Trinajstić information content (AvgIpc) is 2.94. The topological polar surface area (TPSA) is 56.5 Å². The molecule has 5 heteroatoms. The summed E-state index contributed by atoms with van der Waals surface area (Å²) in [5.74, 6) is 1.43. The molecule has 1 aromatic carbocycles. The maximum absolute atomic E-state index is 9.61. The molecule has 0 aliphatic carbocycles. The third-order valence-corrected chi connectivity index (χ3v) is 3.04. The van der Waals surface area contributed by atoms with E-state index < -0.39 is 6.10 Å². The Kier molecular flexibility index (Phi) is 2.68. The molecule has 5 nitrogen and oxygen atoms in total. The minimum absolute atomic E-state index is 0.320. The van der Waals surface area contributed by atoms with Crippen molar-refractivity contribution in [1.82, 2.24) is 9.55 Å². The van der Waals surface area contributed by atoms with Crippen LogP contribution in [0.15, 0.2) is 30.7 Å². The number of imidazole rings is 1. The van der Waals surface area contributed by atoms with Gasteiger partial charge in [-0.3, -0.25) is 0 Å². The summed E-state index contributed by atoms with van der Waals surface area (Å²) in [7, 11) is 1.92. The third kappa shape index (κ3) is 1.93. The molecule has 1 unspecified atom stereocenters. The van der Waals surface area contributed by atoms with Gasteiger partial charge in [0, 0.05) is 18.7 Å². The lowest BCUT2D eigenvalue weighted by Crippen LogP contribution is -2.01. The number of fused-ring (bicyclic) bond motifs is 1. The first-order chi connectivity index (χ1) is 8.74. The maximum atomic E-state index is 9.61. The fourth-order valence-corrected chi connectivity index (χ4v) is 1.94. The van der Waals surface area contributed by atoms with E-state index in [0.717, 1.165) is 17.0 Å². The summed E-state index contributed by atoms with van der Waals surface area (Å²) in [5, 5.41) is 9.61. The van der Waals surface area contributed by atoms with Crippen LogP contribution in [-0.2, 0) is 13.7 Å². The molecule has 0 radical (unpaired) electrons. The fourth-order valence-electron chi connectivity index (χ4n) is 1.94. The number of nitrogens with zero attached hydrogens (tertiary/aromatic N) is 2. The van der Waals surface area contributed by atoms with Crippen molar-refractivity contribution in [1.29, 1.82) is 0 Å². The van der Waals surface area contributed by atoms with Crippen molar-refractivity contribution in [2.24, 2.45) is 7.05 Å². The summed E-state index contributed by atoms with van der Waals surface area (Å²) >= 11 is 0. The molecule has 0 bridgehead atoms. The van der Waals surface area contributed by atoms with E-state index in [9.17, 15) is 5.11 Å². The summed E-state index contributed by atoms with van der Waals surface area (Å²) in [6.45, 7) is 0.776. The first kappa shape index (κ1) is 11.1. The maximum Gasteiger partial charge on any atom is 0.130 e.